The highest BCUT2D eigenvalue weighted by atomic mass is 19.4. The molecule has 0 bridgehead atoms. The first-order chi connectivity index (χ1) is 15.7. The number of nitrogens with one attached hydrogen (secondary N) is 1. The monoisotopic (exact) mass is 468 g/mol. The van der Waals surface area contributed by atoms with Gasteiger partial charge >= 0.3 is 6.18 Å². The molecular formula is C23H31F3N4O3. The van der Waals surface area contributed by atoms with Crippen molar-refractivity contribution < 1.29 is 27.4 Å². The minimum absolute atomic E-state index is 0.0716. The molecule has 1 N–H and O–H groups in total. The number of ether oxygens (including phenoxy) is 2. The molecule has 1 aromatic carbocycles. The van der Waals surface area contributed by atoms with Crippen molar-refractivity contribution in [3.8, 4) is 5.75 Å². The minimum atomic E-state index is -4.68. The van der Waals surface area contributed by atoms with Crippen LogP contribution in [-0.4, -0.2) is 60.0 Å². The van der Waals surface area contributed by atoms with Crippen LogP contribution < -0.4 is 10.1 Å². The summed E-state index contributed by atoms with van der Waals surface area (Å²) < 4.78 is 52.6. The lowest BCUT2D eigenvalue weighted by Crippen LogP contribution is -2.38. The van der Waals surface area contributed by atoms with Gasteiger partial charge < -0.3 is 14.8 Å². The van der Waals surface area contributed by atoms with Crippen LogP contribution >= 0.6 is 0 Å². The van der Waals surface area contributed by atoms with Crippen molar-refractivity contribution in [2.24, 2.45) is 0 Å². The van der Waals surface area contributed by atoms with E-state index in [1.165, 1.54) is 0 Å². The third-order valence-corrected chi connectivity index (χ3v) is 5.68. The van der Waals surface area contributed by atoms with Crippen LogP contribution in [0.25, 0.3) is 0 Å². The first-order valence-electron chi connectivity index (χ1n) is 11.1. The fourth-order valence-electron chi connectivity index (χ4n) is 3.84. The second-order valence-corrected chi connectivity index (χ2v) is 8.45. The summed E-state index contributed by atoms with van der Waals surface area (Å²) in [6.07, 6.45) is -1.69. The standard InChI is InChI=1S/C23H31F3N4O3/c1-16(2)30-21(23(24,25)26)20(15-28-30)22(31)27-14-17-5-4-6-19(13-17)33-12-9-29(3)18-7-10-32-11-8-18/h4-6,13,15-16,18H,7-12,14H2,1-3H3,(H,27,31). The Bertz CT molecular complexity index is 924. The molecule has 0 aliphatic carbocycles. The molecule has 2 heterocycles. The van der Waals surface area contributed by atoms with E-state index in [-0.39, 0.29) is 6.54 Å². The summed E-state index contributed by atoms with van der Waals surface area (Å²) >= 11 is 0. The van der Waals surface area contributed by atoms with Gasteiger partial charge in [0, 0.05) is 38.4 Å². The Morgan fingerprint density at radius 2 is 2.06 bits per heavy atom. The lowest BCUT2D eigenvalue weighted by Gasteiger charge is -2.31. The van der Waals surface area contributed by atoms with E-state index in [2.05, 4.69) is 22.4 Å². The predicted molar refractivity (Wildman–Crippen MR) is 117 cm³/mol. The maximum absolute atomic E-state index is 13.5. The summed E-state index contributed by atoms with van der Waals surface area (Å²) in [6.45, 7) is 6.08. The van der Waals surface area contributed by atoms with Crippen molar-refractivity contribution in [3.05, 3.63) is 47.3 Å². The first kappa shape index (κ1) is 25.0. The van der Waals surface area contributed by atoms with Gasteiger partial charge in [-0.3, -0.25) is 14.4 Å². The molecule has 0 spiro atoms. The molecular weight excluding hydrogens is 437 g/mol. The molecule has 1 fully saturated rings. The highest BCUT2D eigenvalue weighted by molar-refractivity contribution is 5.95. The second-order valence-electron chi connectivity index (χ2n) is 8.45. The summed E-state index contributed by atoms with van der Waals surface area (Å²) in [6, 6.07) is 7.12. The van der Waals surface area contributed by atoms with Crippen molar-refractivity contribution >= 4 is 5.91 Å². The number of amides is 1. The fraction of sp³-hybridized carbons (Fsp3) is 0.565. The van der Waals surface area contributed by atoms with Gasteiger partial charge in [0.25, 0.3) is 5.91 Å². The van der Waals surface area contributed by atoms with Crippen LogP contribution in [0.3, 0.4) is 0 Å². The van der Waals surface area contributed by atoms with Crippen molar-refractivity contribution in [1.82, 2.24) is 20.0 Å². The number of nitrogens with zero attached hydrogens (tertiary/aromatic N) is 3. The molecule has 1 aliphatic heterocycles. The number of rotatable bonds is 9. The molecule has 0 unspecified atom stereocenters. The summed E-state index contributed by atoms with van der Waals surface area (Å²) in [5.74, 6) is -0.177. The summed E-state index contributed by atoms with van der Waals surface area (Å²) in [4.78, 5) is 14.8. The molecule has 0 saturated carbocycles. The van der Waals surface area contributed by atoms with E-state index in [1.807, 2.05) is 6.07 Å². The van der Waals surface area contributed by atoms with Gasteiger partial charge in [0.1, 0.15) is 12.4 Å². The Morgan fingerprint density at radius 1 is 1.33 bits per heavy atom. The third-order valence-electron chi connectivity index (χ3n) is 5.68. The van der Waals surface area contributed by atoms with E-state index >= 15 is 0 Å². The van der Waals surface area contributed by atoms with Gasteiger partial charge in [0.2, 0.25) is 0 Å². The van der Waals surface area contributed by atoms with Crippen LogP contribution in [0.1, 0.15) is 54.3 Å². The van der Waals surface area contributed by atoms with Gasteiger partial charge in [-0.15, -0.1) is 0 Å². The van der Waals surface area contributed by atoms with Crippen LogP contribution in [0.15, 0.2) is 30.5 Å². The molecule has 182 valence electrons. The van der Waals surface area contributed by atoms with E-state index in [0.29, 0.717) is 18.4 Å². The van der Waals surface area contributed by atoms with E-state index in [9.17, 15) is 18.0 Å². The van der Waals surface area contributed by atoms with Crippen LogP contribution in [0.5, 0.6) is 5.75 Å². The quantitative estimate of drug-likeness (QED) is 0.605. The average Bonchev–Trinajstić information content (AvgIpc) is 3.25. The van der Waals surface area contributed by atoms with Crippen molar-refractivity contribution in [3.63, 3.8) is 0 Å². The zero-order chi connectivity index (χ0) is 24.0. The summed E-state index contributed by atoms with van der Waals surface area (Å²) in [5, 5.41) is 6.32. The Morgan fingerprint density at radius 3 is 2.73 bits per heavy atom. The Kier molecular flexibility index (Phi) is 8.36. The topological polar surface area (TPSA) is 68.6 Å². The van der Waals surface area contributed by atoms with Gasteiger partial charge in [0.05, 0.1) is 11.8 Å². The number of hydrogen-bond acceptors (Lipinski definition) is 5. The van der Waals surface area contributed by atoms with Gasteiger partial charge in [0.15, 0.2) is 5.69 Å². The van der Waals surface area contributed by atoms with Gasteiger partial charge in [-0.25, -0.2) is 0 Å². The average molecular weight is 469 g/mol. The van der Waals surface area contributed by atoms with Gasteiger partial charge in [-0.2, -0.15) is 18.3 Å². The number of hydrogen-bond donors (Lipinski definition) is 1. The molecule has 2 aromatic rings. The maximum atomic E-state index is 13.5. The lowest BCUT2D eigenvalue weighted by molar-refractivity contribution is -0.145. The van der Waals surface area contributed by atoms with Crippen molar-refractivity contribution in [2.75, 3.05) is 33.4 Å². The second kappa shape index (κ2) is 11.0. The van der Waals surface area contributed by atoms with E-state index < -0.39 is 29.4 Å². The zero-order valence-corrected chi connectivity index (χ0v) is 19.2. The Balaban J connectivity index is 1.55. The molecule has 33 heavy (non-hydrogen) atoms. The van der Waals surface area contributed by atoms with Crippen LogP contribution in [-0.2, 0) is 17.5 Å². The molecule has 1 amide bonds. The SMILES string of the molecule is CC(C)n1ncc(C(=O)NCc2cccc(OCCN(C)C3CCOCC3)c2)c1C(F)(F)F. The lowest BCUT2D eigenvalue weighted by atomic mass is 10.1. The minimum Gasteiger partial charge on any atom is -0.492 e. The number of alkyl halides is 3. The molecule has 0 radical (unpaired) electrons. The largest absolute Gasteiger partial charge is 0.492 e. The number of carbonyl (C=O) groups is 1. The molecule has 0 atom stereocenters. The van der Waals surface area contributed by atoms with Crippen LogP contribution in [0.2, 0.25) is 0 Å². The van der Waals surface area contributed by atoms with Crippen molar-refractivity contribution in [1.29, 1.82) is 0 Å². The smallest absolute Gasteiger partial charge is 0.433 e. The van der Waals surface area contributed by atoms with E-state index in [0.717, 1.165) is 49.0 Å². The molecule has 3 rings (SSSR count). The van der Waals surface area contributed by atoms with Gasteiger partial charge in [-0.05, 0) is 51.4 Å². The zero-order valence-electron chi connectivity index (χ0n) is 19.2. The number of carbonyl (C=O) groups excluding carboxylic acids is 1. The van der Waals surface area contributed by atoms with Crippen LogP contribution in [0, 0.1) is 0 Å². The number of aromatic nitrogens is 2. The fourth-order valence-corrected chi connectivity index (χ4v) is 3.84. The molecule has 1 saturated heterocycles. The predicted octanol–water partition coefficient (Wildman–Crippen LogP) is 3.90. The molecule has 1 aromatic heterocycles. The summed E-state index contributed by atoms with van der Waals surface area (Å²) in [7, 11) is 2.07. The maximum Gasteiger partial charge on any atom is 0.433 e. The normalized spacial score (nSPS) is 15.3. The van der Waals surface area contributed by atoms with E-state index in [1.54, 1.807) is 32.0 Å². The highest BCUT2D eigenvalue weighted by Crippen LogP contribution is 2.33. The van der Waals surface area contributed by atoms with Crippen LogP contribution in [0.4, 0.5) is 13.2 Å². The first-order valence-corrected chi connectivity index (χ1v) is 11.1. The Hall–Kier alpha value is -2.59. The number of likely N-dealkylation sites (N-methyl/N-ethyl adjacent to an activating group) is 1. The summed E-state index contributed by atoms with van der Waals surface area (Å²) in [5.41, 5.74) is -0.802. The molecule has 1 aliphatic rings. The van der Waals surface area contributed by atoms with Crippen molar-refractivity contribution in [2.45, 2.75) is 51.5 Å². The number of halogens is 3. The highest BCUT2D eigenvalue weighted by Gasteiger charge is 2.40. The number of benzene rings is 1. The van der Waals surface area contributed by atoms with Gasteiger partial charge in [-0.1, -0.05) is 12.1 Å². The Labute approximate surface area is 191 Å². The van der Waals surface area contributed by atoms with E-state index in [4.69, 9.17) is 9.47 Å². The molecule has 10 heteroatoms. The third kappa shape index (κ3) is 6.70. The molecule has 7 nitrogen and oxygen atoms in total.